The van der Waals surface area contributed by atoms with Gasteiger partial charge in [-0.2, -0.15) is 10.5 Å². The molecule has 1 aromatic rings. The van der Waals surface area contributed by atoms with Crippen LogP contribution in [0.3, 0.4) is 0 Å². The molecule has 0 atom stereocenters. The van der Waals surface area contributed by atoms with Crippen molar-refractivity contribution in [2.75, 3.05) is 18.8 Å². The molecule has 0 aliphatic rings. The molecule has 1 amide bonds. The van der Waals surface area contributed by atoms with Crippen LogP contribution < -0.4 is 5.73 Å². The van der Waals surface area contributed by atoms with Crippen LogP contribution in [0.1, 0.15) is 28.8 Å². The molecule has 5 nitrogen and oxygen atoms in total. The number of carbonyl (C=O) groups excluding carboxylic acids is 1. The third-order valence-electron chi connectivity index (χ3n) is 2.92. The van der Waals surface area contributed by atoms with Crippen molar-refractivity contribution in [2.24, 2.45) is 0 Å². The maximum absolute atomic E-state index is 12.5. The Hall–Kier alpha value is -2.05. The summed E-state index contributed by atoms with van der Waals surface area (Å²) in [5.41, 5.74) is 7.58. The summed E-state index contributed by atoms with van der Waals surface area (Å²) < 4.78 is 0.726. The first-order chi connectivity index (χ1) is 9.51. The lowest BCUT2D eigenvalue weighted by atomic mass is 10.1. The molecule has 0 radical (unpaired) electrons. The first-order valence-electron chi connectivity index (χ1n) is 6.10. The second kappa shape index (κ2) is 7.52. The second-order valence-corrected chi connectivity index (χ2v) is 5.19. The second-order valence-electron chi connectivity index (χ2n) is 4.28. The van der Waals surface area contributed by atoms with Crippen LogP contribution in [0.25, 0.3) is 0 Å². The fraction of sp³-hybridized carbons (Fsp3) is 0.357. The van der Waals surface area contributed by atoms with Crippen LogP contribution in [0.4, 0.5) is 5.69 Å². The third-order valence-corrected chi connectivity index (χ3v) is 3.38. The highest BCUT2D eigenvalue weighted by atomic mass is 79.9. The molecular formula is C14H15BrN4O. The van der Waals surface area contributed by atoms with E-state index in [0.717, 1.165) is 4.47 Å². The number of anilines is 1. The molecule has 0 fully saturated rings. The molecule has 6 heteroatoms. The van der Waals surface area contributed by atoms with E-state index < -0.39 is 0 Å². The Morgan fingerprint density at radius 3 is 2.35 bits per heavy atom. The van der Waals surface area contributed by atoms with Crippen LogP contribution in [0, 0.1) is 29.6 Å². The van der Waals surface area contributed by atoms with Crippen LogP contribution in [-0.4, -0.2) is 23.9 Å². The average molecular weight is 335 g/mol. The molecule has 1 rings (SSSR count). The van der Waals surface area contributed by atoms with Gasteiger partial charge in [0.25, 0.3) is 5.91 Å². The number of nitrogens with two attached hydrogens (primary N) is 1. The Balaban J connectivity index is 3.05. The van der Waals surface area contributed by atoms with Crippen molar-refractivity contribution in [1.82, 2.24) is 4.90 Å². The van der Waals surface area contributed by atoms with E-state index in [1.165, 1.54) is 4.90 Å². The lowest BCUT2D eigenvalue weighted by Crippen LogP contribution is -2.33. The van der Waals surface area contributed by atoms with Gasteiger partial charge in [-0.05, 0) is 24.6 Å². The zero-order valence-electron chi connectivity index (χ0n) is 11.2. The van der Waals surface area contributed by atoms with Gasteiger partial charge in [-0.3, -0.25) is 4.79 Å². The van der Waals surface area contributed by atoms with Crippen molar-refractivity contribution < 1.29 is 4.79 Å². The molecule has 0 spiro atoms. The van der Waals surface area contributed by atoms with Crippen molar-refractivity contribution in [1.29, 1.82) is 10.5 Å². The van der Waals surface area contributed by atoms with Crippen molar-refractivity contribution >= 4 is 27.5 Å². The van der Waals surface area contributed by atoms with Gasteiger partial charge < -0.3 is 10.6 Å². The first kappa shape index (κ1) is 16.0. The van der Waals surface area contributed by atoms with Crippen molar-refractivity contribution in [3.63, 3.8) is 0 Å². The van der Waals surface area contributed by atoms with E-state index in [0.29, 0.717) is 29.9 Å². The van der Waals surface area contributed by atoms with E-state index in [1.54, 1.807) is 19.1 Å². The van der Waals surface area contributed by atoms with Gasteiger partial charge in [0, 0.05) is 28.8 Å². The molecule has 20 heavy (non-hydrogen) atoms. The van der Waals surface area contributed by atoms with Gasteiger partial charge in [0.2, 0.25) is 0 Å². The van der Waals surface area contributed by atoms with E-state index in [1.807, 2.05) is 12.1 Å². The number of amides is 1. The van der Waals surface area contributed by atoms with Crippen LogP contribution in [0.2, 0.25) is 0 Å². The van der Waals surface area contributed by atoms with Crippen molar-refractivity contribution in [3.8, 4) is 12.1 Å². The first-order valence-corrected chi connectivity index (χ1v) is 6.89. The summed E-state index contributed by atoms with van der Waals surface area (Å²) >= 11 is 3.31. The predicted octanol–water partition coefficient (Wildman–Crippen LogP) is 2.61. The number of nitrogens with zero attached hydrogens (tertiary/aromatic N) is 3. The Labute approximate surface area is 126 Å². The Kier molecular flexibility index (Phi) is 6.02. The number of rotatable bonds is 5. The number of benzene rings is 1. The fourth-order valence-electron chi connectivity index (χ4n) is 1.78. The molecule has 0 aromatic heterocycles. The molecule has 104 valence electrons. The number of hydrogen-bond donors (Lipinski definition) is 1. The van der Waals surface area contributed by atoms with E-state index >= 15 is 0 Å². The normalized spacial score (nSPS) is 9.60. The monoisotopic (exact) mass is 334 g/mol. The van der Waals surface area contributed by atoms with Gasteiger partial charge >= 0.3 is 0 Å². The highest BCUT2D eigenvalue weighted by Gasteiger charge is 2.18. The molecule has 0 unspecified atom stereocenters. The lowest BCUT2D eigenvalue weighted by Gasteiger charge is -2.22. The minimum Gasteiger partial charge on any atom is -0.398 e. The molecular weight excluding hydrogens is 320 g/mol. The quantitative estimate of drug-likeness (QED) is 0.837. The molecule has 2 N–H and O–H groups in total. The van der Waals surface area contributed by atoms with Crippen LogP contribution in [-0.2, 0) is 0 Å². The van der Waals surface area contributed by atoms with Gasteiger partial charge in [-0.1, -0.05) is 15.9 Å². The summed E-state index contributed by atoms with van der Waals surface area (Å²) in [6.45, 7) is 2.40. The highest BCUT2D eigenvalue weighted by Crippen LogP contribution is 2.24. The van der Waals surface area contributed by atoms with E-state index in [4.69, 9.17) is 16.3 Å². The summed E-state index contributed by atoms with van der Waals surface area (Å²) in [6.07, 6.45) is 0.472. The number of carbonyl (C=O) groups is 1. The third kappa shape index (κ3) is 3.97. The highest BCUT2D eigenvalue weighted by molar-refractivity contribution is 9.10. The van der Waals surface area contributed by atoms with Gasteiger partial charge in [-0.25, -0.2) is 0 Å². The lowest BCUT2D eigenvalue weighted by molar-refractivity contribution is 0.0762. The molecule has 0 saturated carbocycles. The topological polar surface area (TPSA) is 93.9 Å². The summed E-state index contributed by atoms with van der Waals surface area (Å²) in [6, 6.07) is 7.46. The minimum absolute atomic E-state index is 0.207. The number of nitrogen functional groups attached to an aromatic ring is 1. The maximum Gasteiger partial charge on any atom is 0.254 e. The Morgan fingerprint density at radius 2 is 1.85 bits per heavy atom. The predicted molar refractivity (Wildman–Crippen MR) is 79.7 cm³/mol. The number of nitriles is 2. The average Bonchev–Trinajstić information content (AvgIpc) is 2.42. The van der Waals surface area contributed by atoms with Gasteiger partial charge in [0.15, 0.2) is 0 Å². The molecule has 0 aliphatic carbocycles. The van der Waals surface area contributed by atoms with Crippen LogP contribution in [0.5, 0.6) is 0 Å². The Bertz CT molecular complexity index is 568. The van der Waals surface area contributed by atoms with Crippen molar-refractivity contribution in [2.45, 2.75) is 19.8 Å². The molecule has 0 aliphatic heterocycles. The van der Waals surface area contributed by atoms with Crippen LogP contribution >= 0.6 is 15.9 Å². The minimum atomic E-state index is -0.207. The van der Waals surface area contributed by atoms with E-state index in [9.17, 15) is 4.79 Å². The van der Waals surface area contributed by atoms with E-state index in [2.05, 4.69) is 15.9 Å². The maximum atomic E-state index is 12.5. The summed E-state index contributed by atoms with van der Waals surface area (Å²) in [5.74, 6) is -0.207. The zero-order chi connectivity index (χ0) is 15.1. The number of halogens is 1. The summed E-state index contributed by atoms with van der Waals surface area (Å²) in [5, 5.41) is 17.3. The van der Waals surface area contributed by atoms with Crippen molar-refractivity contribution in [3.05, 3.63) is 27.7 Å². The van der Waals surface area contributed by atoms with Crippen LogP contribution in [0.15, 0.2) is 16.6 Å². The fourth-order valence-corrected chi connectivity index (χ4v) is 2.25. The summed E-state index contributed by atoms with van der Waals surface area (Å²) in [4.78, 5) is 14.0. The number of hydrogen-bond acceptors (Lipinski definition) is 4. The van der Waals surface area contributed by atoms with Gasteiger partial charge in [0.05, 0.1) is 25.0 Å². The van der Waals surface area contributed by atoms with E-state index in [-0.39, 0.29) is 18.7 Å². The van der Waals surface area contributed by atoms with Gasteiger partial charge in [-0.15, -0.1) is 0 Å². The molecule has 1 aromatic carbocycles. The molecule has 0 saturated heterocycles. The molecule has 0 bridgehead atoms. The summed E-state index contributed by atoms with van der Waals surface area (Å²) in [7, 11) is 0. The largest absolute Gasteiger partial charge is 0.398 e. The SMILES string of the molecule is Cc1c(N)cc(Br)cc1C(=O)N(CCC#N)CCC#N. The standard InChI is InChI=1S/C14H15BrN4O/c1-10-12(8-11(15)9-13(10)18)14(20)19(6-2-4-16)7-3-5-17/h8-9H,2-3,6-7,18H2,1H3. The Morgan fingerprint density at radius 1 is 1.30 bits per heavy atom. The smallest absolute Gasteiger partial charge is 0.254 e. The van der Waals surface area contributed by atoms with Gasteiger partial charge in [0.1, 0.15) is 0 Å². The zero-order valence-corrected chi connectivity index (χ0v) is 12.8. The molecule has 0 heterocycles.